The molecule has 1 saturated heterocycles. The van der Waals surface area contributed by atoms with Crippen molar-refractivity contribution in [1.29, 1.82) is 0 Å². The van der Waals surface area contributed by atoms with Gasteiger partial charge in [-0.15, -0.1) is 5.06 Å². The molecule has 1 aliphatic rings. The quantitative estimate of drug-likeness (QED) is 0.788. The molecule has 8 heteroatoms. The van der Waals surface area contributed by atoms with E-state index in [9.17, 15) is 9.59 Å². The minimum atomic E-state index is -0.507. The van der Waals surface area contributed by atoms with Gasteiger partial charge in [-0.25, -0.2) is 9.78 Å². The zero-order valence-electron chi connectivity index (χ0n) is 15.8. The summed E-state index contributed by atoms with van der Waals surface area (Å²) >= 11 is 1.33. The van der Waals surface area contributed by atoms with Crippen molar-refractivity contribution in [3.63, 3.8) is 0 Å². The van der Waals surface area contributed by atoms with E-state index in [2.05, 4.69) is 15.3 Å². The summed E-state index contributed by atoms with van der Waals surface area (Å²) in [6.07, 6.45) is 4.86. The Morgan fingerprint density at radius 1 is 1.22 bits per heavy atom. The first-order valence-electron chi connectivity index (χ1n) is 8.98. The number of carbonyl (C=O) groups excluding carboxylic acids is 2. The van der Waals surface area contributed by atoms with Gasteiger partial charge in [0.15, 0.2) is 5.13 Å². The highest BCUT2D eigenvalue weighted by atomic mass is 32.1. The fourth-order valence-electron chi connectivity index (χ4n) is 2.59. The highest BCUT2D eigenvalue weighted by Gasteiger charge is 2.28. The average molecular weight is 388 g/mol. The van der Waals surface area contributed by atoms with Crippen LogP contribution >= 0.6 is 11.3 Å². The number of aromatic nitrogens is 2. The number of nitrogens with one attached hydrogen (secondary N) is 1. The Balaban J connectivity index is 1.51. The van der Waals surface area contributed by atoms with E-state index in [1.807, 2.05) is 20.8 Å². The number of hydrogen-bond acceptors (Lipinski definition) is 8. The number of ketones is 1. The largest absolute Gasteiger partial charge is 0.367 e. The number of hydrogen-bond donors (Lipinski definition) is 1. The Morgan fingerprint density at radius 3 is 2.59 bits per heavy atom. The van der Waals surface area contributed by atoms with Gasteiger partial charge in [0.2, 0.25) is 5.78 Å². The van der Waals surface area contributed by atoms with Crippen LogP contribution in [0.15, 0.2) is 30.6 Å². The van der Waals surface area contributed by atoms with Gasteiger partial charge in [-0.3, -0.25) is 9.78 Å². The molecule has 7 nitrogen and oxygen atoms in total. The number of piperidine rings is 1. The van der Waals surface area contributed by atoms with Crippen LogP contribution in [-0.4, -0.2) is 45.9 Å². The monoisotopic (exact) mass is 388 g/mol. The summed E-state index contributed by atoms with van der Waals surface area (Å²) in [7, 11) is 0. The van der Waals surface area contributed by atoms with E-state index in [1.165, 1.54) is 11.3 Å². The van der Waals surface area contributed by atoms with Gasteiger partial charge in [0.05, 0.1) is 16.5 Å². The second kappa shape index (κ2) is 8.14. The van der Waals surface area contributed by atoms with E-state index in [0.717, 1.165) is 18.0 Å². The van der Waals surface area contributed by atoms with E-state index in [1.54, 1.807) is 35.7 Å². The van der Waals surface area contributed by atoms with Gasteiger partial charge >= 0.3 is 5.97 Å². The predicted octanol–water partition coefficient (Wildman–Crippen LogP) is 3.15. The topological polar surface area (TPSA) is 84.4 Å². The summed E-state index contributed by atoms with van der Waals surface area (Å²) in [5.74, 6) is -0.337. The van der Waals surface area contributed by atoms with Crippen molar-refractivity contribution < 1.29 is 14.4 Å². The van der Waals surface area contributed by atoms with Crippen LogP contribution in [0.4, 0.5) is 5.13 Å². The lowest BCUT2D eigenvalue weighted by Crippen LogP contribution is -2.42. The van der Waals surface area contributed by atoms with E-state index >= 15 is 0 Å². The molecule has 1 fully saturated rings. The third kappa shape index (κ3) is 5.11. The molecule has 0 bridgehead atoms. The molecule has 0 spiro atoms. The Bertz CT molecular complexity index is 793. The second-order valence-corrected chi connectivity index (χ2v) is 8.58. The molecule has 2 aromatic rings. The number of carbonyl (C=O) groups is 2. The summed E-state index contributed by atoms with van der Waals surface area (Å²) in [5, 5.41) is 5.83. The number of hydroxylamine groups is 2. The molecule has 27 heavy (non-hydrogen) atoms. The molecule has 2 aromatic heterocycles. The smallest absolute Gasteiger partial charge is 0.330 e. The van der Waals surface area contributed by atoms with Crippen molar-refractivity contribution >= 4 is 28.2 Å². The van der Waals surface area contributed by atoms with Crippen molar-refractivity contribution in [3.05, 3.63) is 41.2 Å². The molecular weight excluding hydrogens is 364 g/mol. The van der Waals surface area contributed by atoms with Crippen LogP contribution in [0.5, 0.6) is 0 Å². The Morgan fingerprint density at radius 2 is 1.96 bits per heavy atom. The lowest BCUT2D eigenvalue weighted by molar-refractivity contribution is -0.204. The number of thiazole rings is 1. The van der Waals surface area contributed by atoms with Crippen molar-refractivity contribution in [1.82, 2.24) is 15.0 Å². The van der Waals surface area contributed by atoms with Crippen LogP contribution in [0.1, 0.15) is 49.0 Å². The van der Waals surface area contributed by atoms with Crippen LogP contribution in [0.2, 0.25) is 0 Å². The number of pyridine rings is 1. The fraction of sp³-hybridized carbons (Fsp3) is 0.474. The van der Waals surface area contributed by atoms with Crippen LogP contribution in [0.3, 0.4) is 0 Å². The first-order valence-corrected chi connectivity index (χ1v) is 9.80. The third-order valence-corrected chi connectivity index (χ3v) is 5.16. The van der Waals surface area contributed by atoms with Gasteiger partial charge in [-0.1, -0.05) is 17.4 Å². The van der Waals surface area contributed by atoms with E-state index in [0.29, 0.717) is 23.7 Å². The zero-order chi connectivity index (χ0) is 19.4. The van der Waals surface area contributed by atoms with Gasteiger partial charge in [-0.2, -0.15) is 0 Å². The molecule has 0 saturated carbocycles. The summed E-state index contributed by atoms with van der Waals surface area (Å²) in [4.78, 5) is 38.8. The predicted molar refractivity (Wildman–Crippen MR) is 104 cm³/mol. The molecule has 0 amide bonds. The number of rotatable bonds is 5. The van der Waals surface area contributed by atoms with Crippen LogP contribution in [0, 0.1) is 5.41 Å². The van der Waals surface area contributed by atoms with Gasteiger partial charge in [0.1, 0.15) is 5.69 Å². The SMILES string of the molecule is CC(C)(C)C(=O)ON1CCC(Nc2ncc(C(=O)c3ccccn3)s2)CC1. The summed E-state index contributed by atoms with van der Waals surface area (Å²) in [6, 6.07) is 5.50. The molecule has 3 heterocycles. The van der Waals surface area contributed by atoms with Crippen molar-refractivity contribution in [2.45, 2.75) is 39.7 Å². The first kappa shape index (κ1) is 19.4. The lowest BCUT2D eigenvalue weighted by atomic mass is 9.98. The molecule has 1 aliphatic heterocycles. The van der Waals surface area contributed by atoms with Crippen LogP contribution in [0.25, 0.3) is 0 Å². The van der Waals surface area contributed by atoms with Crippen molar-refractivity contribution in [2.75, 3.05) is 18.4 Å². The lowest BCUT2D eigenvalue weighted by Gasteiger charge is -2.32. The first-order chi connectivity index (χ1) is 12.8. The van der Waals surface area contributed by atoms with Crippen LogP contribution in [-0.2, 0) is 9.63 Å². The van der Waals surface area contributed by atoms with E-state index < -0.39 is 5.41 Å². The molecule has 0 unspecified atom stereocenters. The van der Waals surface area contributed by atoms with Gasteiger partial charge < -0.3 is 10.2 Å². The summed E-state index contributed by atoms with van der Waals surface area (Å²) in [5.41, 5.74) is -0.0892. The molecule has 3 rings (SSSR count). The maximum Gasteiger partial charge on any atom is 0.330 e. The Kier molecular flexibility index (Phi) is 5.86. The minimum absolute atomic E-state index is 0.120. The maximum absolute atomic E-state index is 12.4. The van der Waals surface area contributed by atoms with Gasteiger partial charge in [-0.05, 0) is 45.7 Å². The average Bonchev–Trinajstić information content (AvgIpc) is 3.11. The Hall–Kier alpha value is -2.32. The van der Waals surface area contributed by atoms with Crippen LogP contribution < -0.4 is 5.32 Å². The number of anilines is 1. The summed E-state index contributed by atoms with van der Waals surface area (Å²) < 4.78 is 0. The highest BCUT2D eigenvalue weighted by molar-refractivity contribution is 7.17. The third-order valence-electron chi connectivity index (χ3n) is 4.23. The number of nitrogens with zero attached hydrogens (tertiary/aromatic N) is 3. The molecule has 0 radical (unpaired) electrons. The molecule has 0 aliphatic carbocycles. The minimum Gasteiger partial charge on any atom is -0.367 e. The highest BCUT2D eigenvalue weighted by Crippen LogP contribution is 2.24. The maximum atomic E-state index is 12.4. The molecule has 1 N–H and O–H groups in total. The van der Waals surface area contributed by atoms with Crippen molar-refractivity contribution in [3.8, 4) is 0 Å². The molecule has 144 valence electrons. The molecule has 0 atom stereocenters. The fourth-order valence-corrected chi connectivity index (χ4v) is 3.43. The van der Waals surface area contributed by atoms with Gasteiger partial charge in [0, 0.05) is 25.3 Å². The van der Waals surface area contributed by atoms with E-state index in [4.69, 9.17) is 4.84 Å². The zero-order valence-corrected chi connectivity index (χ0v) is 16.6. The standard InChI is InChI=1S/C19H24N4O3S/c1-19(2,3)17(25)26-23-10-7-13(8-11-23)22-18-21-12-15(27-18)16(24)14-6-4-5-9-20-14/h4-6,9,12-13H,7-8,10-11H2,1-3H3,(H,21,22). The molecular formula is C19H24N4O3S. The van der Waals surface area contributed by atoms with Gasteiger partial charge in [0.25, 0.3) is 0 Å². The molecule has 0 aromatic carbocycles. The van der Waals surface area contributed by atoms with E-state index in [-0.39, 0.29) is 17.8 Å². The second-order valence-electron chi connectivity index (χ2n) is 7.55. The summed E-state index contributed by atoms with van der Waals surface area (Å²) in [6.45, 7) is 6.87. The Labute approximate surface area is 162 Å². The van der Waals surface area contributed by atoms with Crippen molar-refractivity contribution in [2.24, 2.45) is 5.41 Å². The normalized spacial score (nSPS) is 16.1.